The van der Waals surface area contributed by atoms with Gasteiger partial charge in [-0.3, -0.25) is 5.43 Å². The molecule has 0 saturated carbocycles. The van der Waals surface area contributed by atoms with Gasteiger partial charge in [-0.25, -0.2) is 0 Å². The normalized spacial score (nSPS) is 8.90. The first-order valence-electron chi connectivity index (χ1n) is 2.81. The summed E-state index contributed by atoms with van der Waals surface area (Å²) in [6.45, 7) is 3.32. The molecule has 1 aromatic carbocycles. The van der Waals surface area contributed by atoms with E-state index in [9.17, 15) is 0 Å². The number of anilines is 1. The third kappa shape index (κ3) is 1.57. The van der Waals surface area contributed by atoms with E-state index < -0.39 is 0 Å². The zero-order valence-electron chi connectivity index (χ0n) is 5.34. The fourth-order valence-electron chi connectivity index (χ4n) is 0.637. The number of benzene rings is 1. The molecular formula is C7H7BrN2. The van der Waals surface area contributed by atoms with Crippen LogP contribution in [-0.2, 0) is 0 Å². The molecule has 1 aromatic rings. The highest BCUT2D eigenvalue weighted by molar-refractivity contribution is 9.10. The minimum atomic E-state index is 0.928. The Hall–Kier alpha value is -0.830. The highest BCUT2D eigenvalue weighted by Crippen LogP contribution is 2.20. The maximum Gasteiger partial charge on any atom is 0.0703 e. The van der Waals surface area contributed by atoms with E-state index in [1.165, 1.54) is 0 Å². The van der Waals surface area contributed by atoms with Crippen molar-refractivity contribution in [3.8, 4) is 0 Å². The number of rotatable bonds is 2. The summed E-state index contributed by atoms with van der Waals surface area (Å²) in [5.41, 5.74) is 3.67. The second kappa shape index (κ2) is 3.37. The summed E-state index contributed by atoms with van der Waals surface area (Å²) >= 11 is 3.35. The summed E-state index contributed by atoms with van der Waals surface area (Å²) in [4.78, 5) is 0. The lowest BCUT2D eigenvalue weighted by Gasteiger charge is -1.99. The molecule has 0 aliphatic rings. The zero-order chi connectivity index (χ0) is 7.40. The van der Waals surface area contributed by atoms with Gasteiger partial charge in [-0.1, -0.05) is 12.1 Å². The smallest absolute Gasteiger partial charge is 0.0703 e. The minimum Gasteiger partial charge on any atom is -0.278 e. The second-order valence-corrected chi connectivity index (χ2v) is 2.60. The highest BCUT2D eigenvalue weighted by Gasteiger charge is 1.92. The topological polar surface area (TPSA) is 24.4 Å². The number of halogens is 1. The molecule has 0 amide bonds. The number of hydrazone groups is 1. The van der Waals surface area contributed by atoms with Crippen LogP contribution in [0.1, 0.15) is 0 Å². The van der Waals surface area contributed by atoms with Gasteiger partial charge in [0.2, 0.25) is 0 Å². The average molecular weight is 199 g/mol. The largest absolute Gasteiger partial charge is 0.278 e. The Morgan fingerprint density at radius 3 is 2.70 bits per heavy atom. The van der Waals surface area contributed by atoms with Crippen LogP contribution in [0, 0.1) is 0 Å². The molecule has 0 atom stereocenters. The van der Waals surface area contributed by atoms with Crippen molar-refractivity contribution in [1.29, 1.82) is 0 Å². The Balaban J connectivity index is 2.91. The van der Waals surface area contributed by atoms with Crippen LogP contribution in [0.4, 0.5) is 5.69 Å². The molecule has 0 aliphatic heterocycles. The number of para-hydroxylation sites is 1. The SMILES string of the molecule is C=NNc1ccccc1Br. The van der Waals surface area contributed by atoms with Crippen molar-refractivity contribution >= 4 is 28.3 Å². The molecule has 0 aromatic heterocycles. The molecule has 2 nitrogen and oxygen atoms in total. The van der Waals surface area contributed by atoms with Crippen molar-refractivity contribution in [2.45, 2.75) is 0 Å². The molecule has 1 N–H and O–H groups in total. The van der Waals surface area contributed by atoms with Crippen LogP contribution >= 0.6 is 15.9 Å². The summed E-state index contributed by atoms with van der Waals surface area (Å²) in [5.74, 6) is 0. The van der Waals surface area contributed by atoms with E-state index in [0.717, 1.165) is 10.2 Å². The summed E-state index contributed by atoms with van der Waals surface area (Å²) < 4.78 is 0.988. The first-order valence-corrected chi connectivity index (χ1v) is 3.60. The predicted octanol–water partition coefficient (Wildman–Crippen LogP) is 2.48. The van der Waals surface area contributed by atoms with E-state index in [4.69, 9.17) is 0 Å². The lowest BCUT2D eigenvalue weighted by Crippen LogP contribution is -1.85. The van der Waals surface area contributed by atoms with Crippen LogP contribution in [0.2, 0.25) is 0 Å². The van der Waals surface area contributed by atoms with E-state index in [-0.39, 0.29) is 0 Å². The highest BCUT2D eigenvalue weighted by atomic mass is 79.9. The Bertz CT molecular complexity index is 235. The molecule has 0 unspecified atom stereocenters. The van der Waals surface area contributed by atoms with Gasteiger partial charge in [-0.05, 0) is 28.1 Å². The monoisotopic (exact) mass is 198 g/mol. The zero-order valence-corrected chi connectivity index (χ0v) is 6.93. The van der Waals surface area contributed by atoms with Gasteiger partial charge in [0, 0.05) is 11.2 Å². The molecule has 0 bridgehead atoms. The predicted molar refractivity (Wildman–Crippen MR) is 47.3 cm³/mol. The van der Waals surface area contributed by atoms with Gasteiger partial charge < -0.3 is 0 Å². The molecule has 0 fully saturated rings. The molecule has 0 saturated heterocycles. The molecule has 52 valence electrons. The molecule has 0 spiro atoms. The van der Waals surface area contributed by atoms with Crippen molar-refractivity contribution in [1.82, 2.24) is 0 Å². The van der Waals surface area contributed by atoms with Crippen LogP contribution in [-0.4, -0.2) is 6.72 Å². The molecular weight excluding hydrogens is 192 g/mol. The summed E-state index contributed by atoms with van der Waals surface area (Å²) in [5, 5.41) is 3.54. The number of hydrogen-bond donors (Lipinski definition) is 1. The maximum atomic E-state index is 3.54. The van der Waals surface area contributed by atoms with Gasteiger partial charge in [0.25, 0.3) is 0 Å². The van der Waals surface area contributed by atoms with Crippen molar-refractivity contribution < 1.29 is 0 Å². The van der Waals surface area contributed by atoms with E-state index >= 15 is 0 Å². The Morgan fingerprint density at radius 2 is 2.10 bits per heavy atom. The lowest BCUT2D eigenvalue weighted by atomic mass is 10.3. The van der Waals surface area contributed by atoms with Crippen molar-refractivity contribution in [3.05, 3.63) is 28.7 Å². The Morgan fingerprint density at radius 1 is 1.40 bits per heavy atom. The standard InChI is InChI=1S/C7H7BrN2/c1-9-10-7-5-3-2-4-6(7)8/h2-5,10H,1H2. The van der Waals surface area contributed by atoms with Crippen molar-refractivity contribution in [3.63, 3.8) is 0 Å². The van der Waals surface area contributed by atoms with Crippen LogP contribution < -0.4 is 5.43 Å². The Kier molecular flexibility index (Phi) is 2.45. The van der Waals surface area contributed by atoms with Gasteiger partial charge in [-0.2, -0.15) is 5.10 Å². The fourth-order valence-corrected chi connectivity index (χ4v) is 1.01. The first-order chi connectivity index (χ1) is 4.84. The molecule has 0 radical (unpaired) electrons. The minimum absolute atomic E-state index is 0.928. The van der Waals surface area contributed by atoms with E-state index in [0.29, 0.717) is 0 Å². The van der Waals surface area contributed by atoms with Gasteiger partial charge >= 0.3 is 0 Å². The average Bonchev–Trinajstić information content (AvgIpc) is 1.94. The second-order valence-electron chi connectivity index (χ2n) is 1.75. The van der Waals surface area contributed by atoms with E-state index in [2.05, 4.69) is 33.2 Å². The van der Waals surface area contributed by atoms with E-state index in [1.54, 1.807) is 0 Å². The van der Waals surface area contributed by atoms with Gasteiger partial charge in [0.15, 0.2) is 0 Å². The fraction of sp³-hybridized carbons (Fsp3) is 0. The molecule has 1 rings (SSSR count). The number of nitrogens with zero attached hydrogens (tertiary/aromatic N) is 1. The summed E-state index contributed by atoms with van der Waals surface area (Å²) in [7, 11) is 0. The van der Waals surface area contributed by atoms with Gasteiger partial charge in [0.1, 0.15) is 0 Å². The van der Waals surface area contributed by atoms with Gasteiger partial charge in [-0.15, -0.1) is 0 Å². The lowest BCUT2D eigenvalue weighted by molar-refractivity contribution is 1.35. The van der Waals surface area contributed by atoms with Crippen molar-refractivity contribution in [2.24, 2.45) is 5.10 Å². The molecule has 0 aliphatic carbocycles. The van der Waals surface area contributed by atoms with E-state index in [1.807, 2.05) is 24.3 Å². The number of hydrogen-bond acceptors (Lipinski definition) is 2. The van der Waals surface area contributed by atoms with Crippen molar-refractivity contribution in [2.75, 3.05) is 5.43 Å². The summed E-state index contributed by atoms with van der Waals surface area (Å²) in [6, 6.07) is 7.73. The summed E-state index contributed by atoms with van der Waals surface area (Å²) in [6.07, 6.45) is 0. The molecule has 10 heavy (non-hydrogen) atoms. The number of nitrogens with one attached hydrogen (secondary N) is 1. The van der Waals surface area contributed by atoms with Crippen LogP contribution in [0.25, 0.3) is 0 Å². The molecule has 3 heteroatoms. The van der Waals surface area contributed by atoms with Crippen LogP contribution in [0.3, 0.4) is 0 Å². The van der Waals surface area contributed by atoms with Gasteiger partial charge in [0.05, 0.1) is 5.69 Å². The quantitative estimate of drug-likeness (QED) is 0.574. The molecule has 0 heterocycles. The Labute approximate surface area is 68.1 Å². The van der Waals surface area contributed by atoms with Crippen LogP contribution in [0.5, 0.6) is 0 Å². The third-order valence-electron chi connectivity index (χ3n) is 1.07. The van der Waals surface area contributed by atoms with Crippen LogP contribution in [0.15, 0.2) is 33.8 Å². The third-order valence-corrected chi connectivity index (χ3v) is 1.76. The maximum absolute atomic E-state index is 3.54. The first kappa shape index (κ1) is 7.28.